The first-order valence-corrected chi connectivity index (χ1v) is 4.51. The van der Waals surface area contributed by atoms with E-state index in [2.05, 4.69) is 0 Å². The van der Waals surface area contributed by atoms with Gasteiger partial charge in [-0.25, -0.2) is 4.39 Å². The third kappa shape index (κ3) is 3.01. The van der Waals surface area contributed by atoms with Crippen LogP contribution in [0.25, 0.3) is 0 Å². The molecule has 3 nitrogen and oxygen atoms in total. The minimum Gasteiger partial charge on any atom is -0.389 e. The molecule has 0 radical (unpaired) electrons. The number of benzene rings is 1. The summed E-state index contributed by atoms with van der Waals surface area (Å²) in [6.07, 6.45) is -0.943. The van der Waals surface area contributed by atoms with E-state index in [1.165, 1.54) is 25.3 Å². The summed E-state index contributed by atoms with van der Waals surface area (Å²) in [5.74, 6) is -1.18. The van der Waals surface area contributed by atoms with E-state index in [0.29, 0.717) is 5.56 Å². The standard InChI is InChI=1S/C11H12FNO2/c1-15-7-11(14)10(6-13)8-3-2-4-9(12)5-8/h2-5,10-11,14H,7H2,1H3. The zero-order valence-electron chi connectivity index (χ0n) is 8.35. The zero-order valence-corrected chi connectivity index (χ0v) is 8.35. The van der Waals surface area contributed by atoms with Gasteiger partial charge in [-0.1, -0.05) is 12.1 Å². The molecule has 0 saturated carbocycles. The summed E-state index contributed by atoms with van der Waals surface area (Å²) in [4.78, 5) is 0. The molecule has 0 spiro atoms. The summed E-state index contributed by atoms with van der Waals surface area (Å²) < 4.78 is 17.6. The highest BCUT2D eigenvalue weighted by atomic mass is 19.1. The van der Waals surface area contributed by atoms with Crippen LogP contribution >= 0.6 is 0 Å². The number of aliphatic hydroxyl groups excluding tert-OH is 1. The van der Waals surface area contributed by atoms with Gasteiger partial charge in [-0.15, -0.1) is 0 Å². The molecular weight excluding hydrogens is 197 g/mol. The molecule has 0 heterocycles. The molecule has 80 valence electrons. The predicted molar refractivity (Wildman–Crippen MR) is 52.6 cm³/mol. The Morgan fingerprint density at radius 1 is 1.60 bits per heavy atom. The predicted octanol–water partition coefficient (Wildman–Crippen LogP) is 1.44. The van der Waals surface area contributed by atoms with Crippen molar-refractivity contribution >= 4 is 0 Å². The third-order valence-electron chi connectivity index (χ3n) is 2.07. The minimum atomic E-state index is -0.943. The summed E-state index contributed by atoms with van der Waals surface area (Å²) in [5, 5.41) is 18.5. The maximum Gasteiger partial charge on any atom is 0.123 e. The van der Waals surface area contributed by atoms with Gasteiger partial charge in [0.25, 0.3) is 0 Å². The molecule has 0 amide bonds. The van der Waals surface area contributed by atoms with Crippen LogP contribution in [0.15, 0.2) is 24.3 Å². The quantitative estimate of drug-likeness (QED) is 0.816. The Bertz CT molecular complexity index is 362. The normalized spacial score (nSPS) is 14.3. The molecule has 1 N–H and O–H groups in total. The molecule has 0 aliphatic rings. The first-order chi connectivity index (χ1) is 7.19. The summed E-state index contributed by atoms with van der Waals surface area (Å²) in [6.45, 7) is 0.0503. The molecule has 2 unspecified atom stereocenters. The summed E-state index contributed by atoms with van der Waals surface area (Å²) in [5.41, 5.74) is 0.460. The number of ether oxygens (including phenoxy) is 1. The number of nitriles is 1. The van der Waals surface area contributed by atoms with Crippen LogP contribution in [0, 0.1) is 17.1 Å². The van der Waals surface area contributed by atoms with Crippen molar-refractivity contribution < 1.29 is 14.2 Å². The van der Waals surface area contributed by atoms with Gasteiger partial charge in [0.15, 0.2) is 0 Å². The molecule has 0 bridgehead atoms. The number of aliphatic hydroxyl groups is 1. The molecule has 2 atom stereocenters. The van der Waals surface area contributed by atoms with Crippen molar-refractivity contribution in [2.24, 2.45) is 0 Å². The Kier molecular flexibility index (Phi) is 4.22. The first-order valence-electron chi connectivity index (χ1n) is 4.51. The molecule has 1 aromatic rings. The van der Waals surface area contributed by atoms with Crippen molar-refractivity contribution in [1.82, 2.24) is 0 Å². The van der Waals surface area contributed by atoms with Crippen molar-refractivity contribution in [2.75, 3.05) is 13.7 Å². The Labute approximate surface area is 87.7 Å². The molecule has 15 heavy (non-hydrogen) atoms. The van der Waals surface area contributed by atoms with Crippen LogP contribution in [0.1, 0.15) is 11.5 Å². The van der Waals surface area contributed by atoms with E-state index in [-0.39, 0.29) is 6.61 Å². The molecule has 0 aromatic heterocycles. The van der Waals surface area contributed by atoms with Gasteiger partial charge in [0.05, 0.1) is 24.7 Å². The van der Waals surface area contributed by atoms with Crippen LogP contribution in [-0.2, 0) is 4.74 Å². The number of halogens is 1. The van der Waals surface area contributed by atoms with Gasteiger partial charge in [-0.3, -0.25) is 0 Å². The largest absolute Gasteiger partial charge is 0.389 e. The summed E-state index contributed by atoms with van der Waals surface area (Å²) in [7, 11) is 1.43. The summed E-state index contributed by atoms with van der Waals surface area (Å²) in [6, 6.07) is 7.58. The molecule has 0 aliphatic heterocycles. The maximum atomic E-state index is 12.9. The molecule has 0 aliphatic carbocycles. The number of hydrogen-bond acceptors (Lipinski definition) is 3. The van der Waals surface area contributed by atoms with Gasteiger partial charge in [0.2, 0.25) is 0 Å². The maximum absolute atomic E-state index is 12.9. The Balaban J connectivity index is 2.88. The average Bonchev–Trinajstić information content (AvgIpc) is 2.19. The van der Waals surface area contributed by atoms with Gasteiger partial charge < -0.3 is 9.84 Å². The SMILES string of the molecule is COCC(O)C(C#N)c1cccc(F)c1. The highest BCUT2D eigenvalue weighted by Crippen LogP contribution is 2.20. The zero-order chi connectivity index (χ0) is 11.3. The van der Waals surface area contributed by atoms with Crippen molar-refractivity contribution in [3.63, 3.8) is 0 Å². The Morgan fingerprint density at radius 3 is 2.87 bits per heavy atom. The van der Waals surface area contributed by atoms with Crippen LogP contribution in [0.4, 0.5) is 4.39 Å². The van der Waals surface area contributed by atoms with Crippen LogP contribution in [0.2, 0.25) is 0 Å². The van der Waals surface area contributed by atoms with Gasteiger partial charge in [-0.2, -0.15) is 5.26 Å². The lowest BCUT2D eigenvalue weighted by atomic mass is 9.95. The van der Waals surface area contributed by atoms with E-state index < -0.39 is 17.8 Å². The minimum absolute atomic E-state index is 0.0503. The number of hydrogen-bond donors (Lipinski definition) is 1. The fourth-order valence-corrected chi connectivity index (χ4v) is 1.35. The molecule has 4 heteroatoms. The van der Waals surface area contributed by atoms with Crippen molar-refractivity contribution in [3.8, 4) is 6.07 Å². The smallest absolute Gasteiger partial charge is 0.123 e. The van der Waals surface area contributed by atoms with Gasteiger partial charge in [-0.05, 0) is 17.7 Å². The van der Waals surface area contributed by atoms with Gasteiger partial charge in [0, 0.05) is 7.11 Å². The van der Waals surface area contributed by atoms with Gasteiger partial charge in [0.1, 0.15) is 5.82 Å². The molecular formula is C11H12FNO2. The second kappa shape index (κ2) is 5.44. The number of methoxy groups -OCH3 is 1. The van der Waals surface area contributed by atoms with Crippen LogP contribution < -0.4 is 0 Å². The van der Waals surface area contributed by atoms with E-state index >= 15 is 0 Å². The monoisotopic (exact) mass is 209 g/mol. The topological polar surface area (TPSA) is 53.2 Å². The van der Waals surface area contributed by atoms with Crippen LogP contribution in [0.5, 0.6) is 0 Å². The first kappa shape index (κ1) is 11.6. The van der Waals surface area contributed by atoms with Crippen LogP contribution in [-0.4, -0.2) is 24.9 Å². The fourth-order valence-electron chi connectivity index (χ4n) is 1.35. The van der Waals surface area contributed by atoms with E-state index in [0.717, 1.165) is 0 Å². The van der Waals surface area contributed by atoms with E-state index in [1.807, 2.05) is 6.07 Å². The Morgan fingerprint density at radius 2 is 2.33 bits per heavy atom. The lowest BCUT2D eigenvalue weighted by Gasteiger charge is -2.15. The van der Waals surface area contributed by atoms with Crippen molar-refractivity contribution in [1.29, 1.82) is 5.26 Å². The van der Waals surface area contributed by atoms with E-state index in [1.54, 1.807) is 6.07 Å². The highest BCUT2D eigenvalue weighted by molar-refractivity contribution is 5.26. The van der Waals surface area contributed by atoms with Crippen molar-refractivity contribution in [3.05, 3.63) is 35.6 Å². The Hall–Kier alpha value is -1.44. The van der Waals surface area contributed by atoms with E-state index in [4.69, 9.17) is 10.00 Å². The van der Waals surface area contributed by atoms with Gasteiger partial charge >= 0.3 is 0 Å². The molecule has 0 fully saturated rings. The number of rotatable bonds is 4. The summed E-state index contributed by atoms with van der Waals surface area (Å²) >= 11 is 0. The number of nitrogens with zero attached hydrogens (tertiary/aromatic N) is 1. The lowest BCUT2D eigenvalue weighted by molar-refractivity contribution is 0.0571. The third-order valence-corrected chi connectivity index (χ3v) is 2.07. The van der Waals surface area contributed by atoms with E-state index in [9.17, 15) is 9.50 Å². The van der Waals surface area contributed by atoms with Crippen LogP contribution in [0.3, 0.4) is 0 Å². The second-order valence-corrected chi connectivity index (χ2v) is 3.18. The average molecular weight is 209 g/mol. The second-order valence-electron chi connectivity index (χ2n) is 3.18. The molecule has 0 saturated heterocycles. The molecule has 1 rings (SSSR count). The highest BCUT2D eigenvalue weighted by Gasteiger charge is 2.20. The fraction of sp³-hybridized carbons (Fsp3) is 0.364. The van der Waals surface area contributed by atoms with Crippen molar-refractivity contribution in [2.45, 2.75) is 12.0 Å². The lowest BCUT2D eigenvalue weighted by Crippen LogP contribution is -2.22. The molecule has 1 aromatic carbocycles.